The zero-order chi connectivity index (χ0) is 17.1. The largest absolute Gasteiger partial charge is 0.449 e. The number of nitrogens with one attached hydrogen (secondary N) is 1. The molecule has 24 heavy (non-hydrogen) atoms. The Morgan fingerprint density at radius 1 is 1.21 bits per heavy atom. The summed E-state index contributed by atoms with van der Waals surface area (Å²) < 4.78 is 6.12. The van der Waals surface area contributed by atoms with Crippen LogP contribution in [0.5, 0.6) is 0 Å². The Kier molecular flexibility index (Phi) is 4.78. The van der Waals surface area contributed by atoms with Crippen LogP contribution in [0.15, 0.2) is 48.0 Å². The van der Waals surface area contributed by atoms with Gasteiger partial charge in [0, 0.05) is 10.7 Å². The molecule has 1 heterocycles. The van der Waals surface area contributed by atoms with E-state index in [1.54, 1.807) is 48.0 Å². The van der Waals surface area contributed by atoms with Gasteiger partial charge in [-0.15, -0.1) is 11.3 Å². The molecule has 122 valence electrons. The van der Waals surface area contributed by atoms with Gasteiger partial charge in [0.2, 0.25) is 0 Å². The molecular weight excluding hydrogens is 348 g/mol. The number of carbonyl (C=O) groups excluding carboxylic acids is 2. The molecule has 0 aliphatic heterocycles. The summed E-state index contributed by atoms with van der Waals surface area (Å²) >= 11 is 7.23. The average molecular weight is 361 g/mol. The van der Waals surface area contributed by atoms with Gasteiger partial charge in [0.25, 0.3) is 5.91 Å². The molecule has 3 rings (SSSR count). The number of rotatable bonds is 4. The molecule has 0 fully saturated rings. The Labute approximate surface area is 147 Å². The SMILES string of the molecule is C[C@H](OC(=O)c1ccc2ncsc2c1)C(=O)Nc1ccc(Cl)cc1. The van der Waals surface area contributed by atoms with Gasteiger partial charge in [-0.05, 0) is 49.4 Å². The molecule has 1 atom stereocenters. The molecule has 0 saturated carbocycles. The summed E-state index contributed by atoms with van der Waals surface area (Å²) in [5.74, 6) is -0.964. The van der Waals surface area contributed by atoms with E-state index in [0.29, 0.717) is 16.3 Å². The number of benzene rings is 2. The van der Waals surface area contributed by atoms with Crippen LogP contribution in [0.25, 0.3) is 10.2 Å². The van der Waals surface area contributed by atoms with Crippen molar-refractivity contribution in [3.05, 3.63) is 58.6 Å². The lowest BCUT2D eigenvalue weighted by molar-refractivity contribution is -0.123. The van der Waals surface area contributed by atoms with Gasteiger partial charge in [-0.3, -0.25) is 4.79 Å². The van der Waals surface area contributed by atoms with Crippen molar-refractivity contribution >= 4 is 50.7 Å². The second-order valence-electron chi connectivity index (χ2n) is 5.08. The summed E-state index contributed by atoms with van der Waals surface area (Å²) in [6.07, 6.45) is -0.926. The average Bonchev–Trinajstić information content (AvgIpc) is 3.04. The third-order valence-electron chi connectivity index (χ3n) is 3.33. The quantitative estimate of drug-likeness (QED) is 0.710. The van der Waals surface area contributed by atoms with Crippen LogP contribution < -0.4 is 5.32 Å². The van der Waals surface area contributed by atoms with Crippen molar-refractivity contribution in [1.82, 2.24) is 4.98 Å². The molecule has 0 radical (unpaired) electrons. The second kappa shape index (κ2) is 6.98. The van der Waals surface area contributed by atoms with Crippen molar-refractivity contribution < 1.29 is 14.3 Å². The van der Waals surface area contributed by atoms with E-state index in [0.717, 1.165) is 10.2 Å². The minimum absolute atomic E-state index is 0.387. The Hall–Kier alpha value is -2.44. The first-order valence-corrected chi connectivity index (χ1v) is 8.39. The van der Waals surface area contributed by atoms with E-state index in [1.165, 1.54) is 18.3 Å². The number of nitrogens with zero attached hydrogens (tertiary/aromatic N) is 1. The number of aromatic nitrogens is 1. The van der Waals surface area contributed by atoms with E-state index >= 15 is 0 Å². The third-order valence-corrected chi connectivity index (χ3v) is 4.38. The predicted molar refractivity (Wildman–Crippen MR) is 94.6 cm³/mol. The van der Waals surface area contributed by atoms with E-state index < -0.39 is 18.0 Å². The fourth-order valence-electron chi connectivity index (χ4n) is 2.04. The number of anilines is 1. The van der Waals surface area contributed by atoms with Gasteiger partial charge >= 0.3 is 5.97 Å². The Morgan fingerprint density at radius 3 is 2.71 bits per heavy atom. The van der Waals surface area contributed by atoms with Gasteiger partial charge in [0.1, 0.15) is 0 Å². The van der Waals surface area contributed by atoms with Crippen molar-refractivity contribution in [3.8, 4) is 0 Å². The van der Waals surface area contributed by atoms with Crippen molar-refractivity contribution in [3.63, 3.8) is 0 Å². The minimum Gasteiger partial charge on any atom is -0.449 e. The Morgan fingerprint density at radius 2 is 1.96 bits per heavy atom. The molecule has 0 unspecified atom stereocenters. The summed E-state index contributed by atoms with van der Waals surface area (Å²) in [4.78, 5) is 28.4. The number of fused-ring (bicyclic) bond motifs is 1. The number of thiazole rings is 1. The summed E-state index contributed by atoms with van der Waals surface area (Å²) in [6.45, 7) is 1.52. The van der Waals surface area contributed by atoms with E-state index in [1.807, 2.05) is 0 Å². The monoisotopic (exact) mass is 360 g/mol. The van der Waals surface area contributed by atoms with Crippen LogP contribution in [0.4, 0.5) is 5.69 Å². The van der Waals surface area contributed by atoms with Gasteiger partial charge in [0.15, 0.2) is 6.10 Å². The number of ether oxygens (including phenoxy) is 1. The molecule has 1 amide bonds. The molecule has 0 bridgehead atoms. The maximum atomic E-state index is 12.2. The van der Waals surface area contributed by atoms with Gasteiger partial charge < -0.3 is 10.1 Å². The molecule has 1 N–H and O–H groups in total. The van der Waals surface area contributed by atoms with Crippen molar-refractivity contribution in [2.24, 2.45) is 0 Å². The Balaban J connectivity index is 1.64. The van der Waals surface area contributed by atoms with E-state index in [9.17, 15) is 9.59 Å². The highest BCUT2D eigenvalue weighted by Crippen LogP contribution is 2.20. The van der Waals surface area contributed by atoms with Gasteiger partial charge in [-0.1, -0.05) is 11.6 Å². The van der Waals surface area contributed by atoms with Gasteiger partial charge in [-0.2, -0.15) is 0 Å². The lowest BCUT2D eigenvalue weighted by Gasteiger charge is -2.13. The van der Waals surface area contributed by atoms with Crippen LogP contribution in [-0.2, 0) is 9.53 Å². The zero-order valence-corrected chi connectivity index (χ0v) is 14.2. The maximum absolute atomic E-state index is 12.2. The molecule has 7 heteroatoms. The molecule has 0 spiro atoms. The third kappa shape index (κ3) is 3.72. The van der Waals surface area contributed by atoms with Crippen LogP contribution in [0.2, 0.25) is 5.02 Å². The summed E-state index contributed by atoms with van der Waals surface area (Å²) in [5, 5.41) is 3.24. The maximum Gasteiger partial charge on any atom is 0.338 e. The molecule has 5 nitrogen and oxygen atoms in total. The first-order chi connectivity index (χ1) is 11.5. The molecule has 0 aliphatic carbocycles. The predicted octanol–water partition coefficient (Wildman–Crippen LogP) is 4.13. The first kappa shape index (κ1) is 16.4. The molecule has 0 aliphatic rings. The highest BCUT2D eigenvalue weighted by Gasteiger charge is 2.19. The lowest BCUT2D eigenvalue weighted by atomic mass is 10.2. The molecular formula is C17H13ClN2O3S. The first-order valence-electron chi connectivity index (χ1n) is 7.13. The van der Waals surface area contributed by atoms with Gasteiger partial charge in [0.05, 0.1) is 21.3 Å². The molecule has 0 saturated heterocycles. The standard InChI is InChI=1S/C17H13ClN2O3S/c1-10(16(21)20-13-5-3-12(18)4-6-13)23-17(22)11-2-7-14-15(8-11)24-9-19-14/h2-10H,1H3,(H,20,21)/t10-/m0/s1. The summed E-state index contributed by atoms with van der Waals surface area (Å²) in [6, 6.07) is 11.8. The topological polar surface area (TPSA) is 68.3 Å². The van der Waals surface area contributed by atoms with Crippen LogP contribution in [0.3, 0.4) is 0 Å². The number of amides is 1. The highest BCUT2D eigenvalue weighted by atomic mass is 35.5. The van der Waals surface area contributed by atoms with Crippen molar-refractivity contribution in [2.75, 3.05) is 5.32 Å². The minimum atomic E-state index is -0.926. The molecule has 1 aromatic heterocycles. The molecule has 2 aromatic carbocycles. The number of esters is 1. The van der Waals surface area contributed by atoms with E-state index in [-0.39, 0.29) is 0 Å². The van der Waals surface area contributed by atoms with Crippen LogP contribution in [0.1, 0.15) is 17.3 Å². The fraction of sp³-hybridized carbons (Fsp3) is 0.118. The number of hydrogen-bond acceptors (Lipinski definition) is 5. The Bertz CT molecular complexity index is 892. The van der Waals surface area contributed by atoms with E-state index in [2.05, 4.69) is 10.3 Å². The fourth-order valence-corrected chi connectivity index (χ4v) is 2.88. The number of hydrogen-bond donors (Lipinski definition) is 1. The van der Waals surface area contributed by atoms with Crippen LogP contribution >= 0.6 is 22.9 Å². The highest BCUT2D eigenvalue weighted by molar-refractivity contribution is 7.16. The summed E-state index contributed by atoms with van der Waals surface area (Å²) in [7, 11) is 0. The number of carbonyl (C=O) groups is 2. The van der Waals surface area contributed by atoms with Crippen LogP contribution in [-0.4, -0.2) is 23.0 Å². The van der Waals surface area contributed by atoms with Crippen LogP contribution in [0, 0.1) is 0 Å². The lowest BCUT2D eigenvalue weighted by Crippen LogP contribution is -2.29. The van der Waals surface area contributed by atoms with Crippen molar-refractivity contribution in [2.45, 2.75) is 13.0 Å². The van der Waals surface area contributed by atoms with Gasteiger partial charge in [-0.25, -0.2) is 9.78 Å². The molecule has 3 aromatic rings. The van der Waals surface area contributed by atoms with E-state index in [4.69, 9.17) is 16.3 Å². The normalized spacial score (nSPS) is 11.9. The smallest absolute Gasteiger partial charge is 0.338 e. The second-order valence-corrected chi connectivity index (χ2v) is 6.40. The summed E-state index contributed by atoms with van der Waals surface area (Å²) in [5.41, 5.74) is 3.50. The number of halogens is 1. The zero-order valence-electron chi connectivity index (χ0n) is 12.7. The van der Waals surface area contributed by atoms with Crippen molar-refractivity contribution in [1.29, 1.82) is 0 Å².